The number of nitriles is 1. The van der Waals surface area contributed by atoms with E-state index < -0.39 is 18.3 Å². The van der Waals surface area contributed by atoms with Crippen LogP contribution < -0.4 is 20.3 Å². The van der Waals surface area contributed by atoms with Gasteiger partial charge in [-0.1, -0.05) is 0 Å². The van der Waals surface area contributed by atoms with E-state index in [4.69, 9.17) is 9.47 Å². The Morgan fingerprint density at radius 1 is 1.06 bits per heavy atom. The summed E-state index contributed by atoms with van der Waals surface area (Å²) in [6.07, 6.45) is 0.995. The molecule has 7 rings (SSSR count). The number of nitrogens with zero attached hydrogens (tertiary/aromatic N) is 7. The molecule has 4 aliphatic rings. The van der Waals surface area contributed by atoms with Gasteiger partial charge in [0, 0.05) is 62.5 Å². The molecule has 4 aliphatic heterocycles. The molecule has 250 valence electrons. The lowest BCUT2D eigenvalue weighted by atomic mass is 10.00. The third-order valence-corrected chi connectivity index (χ3v) is 9.47. The second kappa shape index (κ2) is 14.1. The van der Waals surface area contributed by atoms with Gasteiger partial charge in [-0.2, -0.15) is 10.2 Å². The number of nitrogens with one attached hydrogen (secondary N) is 2. The number of aromatic nitrogens is 3. The maximum absolute atomic E-state index is 15.2. The molecule has 3 atom stereocenters. The molecule has 2 N–H and O–H groups in total. The van der Waals surface area contributed by atoms with Crippen LogP contribution in [0.1, 0.15) is 31.2 Å². The van der Waals surface area contributed by atoms with Crippen molar-refractivity contribution in [1.29, 1.82) is 5.26 Å². The average molecular weight is 656 g/mol. The molecule has 2 aromatic carbocycles. The zero-order chi connectivity index (χ0) is 33.0. The number of carbonyl (C=O) groups is 2. The van der Waals surface area contributed by atoms with Gasteiger partial charge < -0.3 is 29.9 Å². The molecule has 0 bridgehead atoms. The molecule has 1 aromatic heterocycles. The van der Waals surface area contributed by atoms with Crippen LogP contribution in [0.4, 0.5) is 21.7 Å². The Morgan fingerprint density at radius 3 is 2.58 bits per heavy atom. The van der Waals surface area contributed by atoms with Gasteiger partial charge in [0.15, 0.2) is 12.0 Å². The maximum atomic E-state index is 15.2. The smallest absolute Gasteiger partial charge is 0.245 e. The quantitative estimate of drug-likeness (QED) is 0.369. The zero-order valence-corrected chi connectivity index (χ0v) is 26.6. The lowest BCUT2D eigenvalue weighted by Gasteiger charge is -2.43. The topological polar surface area (TPSA) is 149 Å². The highest BCUT2D eigenvalue weighted by molar-refractivity contribution is 5.88. The summed E-state index contributed by atoms with van der Waals surface area (Å²) in [4.78, 5) is 44.0. The van der Waals surface area contributed by atoms with Crippen molar-refractivity contribution in [1.82, 2.24) is 30.1 Å². The third-order valence-electron chi connectivity index (χ3n) is 9.47. The molecule has 0 aliphatic carbocycles. The van der Waals surface area contributed by atoms with Crippen molar-refractivity contribution < 1.29 is 23.5 Å². The second-order valence-electron chi connectivity index (χ2n) is 12.6. The van der Waals surface area contributed by atoms with Crippen LogP contribution in [-0.2, 0) is 14.3 Å². The van der Waals surface area contributed by atoms with Crippen molar-refractivity contribution in [2.24, 2.45) is 0 Å². The van der Waals surface area contributed by atoms with Gasteiger partial charge in [0.2, 0.25) is 17.8 Å². The van der Waals surface area contributed by atoms with Gasteiger partial charge in [-0.05, 0) is 55.3 Å². The molecule has 14 heteroatoms. The van der Waals surface area contributed by atoms with Crippen LogP contribution in [0.2, 0.25) is 0 Å². The van der Waals surface area contributed by atoms with E-state index >= 15 is 4.39 Å². The zero-order valence-electron chi connectivity index (χ0n) is 26.6. The molecular formula is C34H38FN9O4. The fourth-order valence-electron chi connectivity index (χ4n) is 6.61. The highest BCUT2D eigenvalue weighted by atomic mass is 19.1. The summed E-state index contributed by atoms with van der Waals surface area (Å²) >= 11 is 0. The van der Waals surface area contributed by atoms with Gasteiger partial charge in [0.25, 0.3) is 0 Å². The van der Waals surface area contributed by atoms with E-state index in [0.29, 0.717) is 49.2 Å². The number of rotatable bonds is 8. The van der Waals surface area contributed by atoms with Gasteiger partial charge in [-0.25, -0.2) is 14.4 Å². The highest BCUT2D eigenvalue weighted by Crippen LogP contribution is 2.29. The summed E-state index contributed by atoms with van der Waals surface area (Å²) in [5.74, 6) is 0.555. The molecule has 0 unspecified atom stereocenters. The number of ether oxygens (including phenoxy) is 2. The van der Waals surface area contributed by atoms with E-state index in [9.17, 15) is 14.9 Å². The molecular weight excluding hydrogens is 617 g/mol. The number of piperazine rings is 1. The number of benzene rings is 2. The maximum Gasteiger partial charge on any atom is 0.245 e. The van der Waals surface area contributed by atoms with Crippen LogP contribution in [0, 0.1) is 11.3 Å². The van der Waals surface area contributed by atoms with Crippen molar-refractivity contribution in [3.63, 3.8) is 0 Å². The number of alkyl halides is 1. The Bertz CT molecular complexity index is 1670. The minimum absolute atomic E-state index is 0.132. The van der Waals surface area contributed by atoms with E-state index in [-0.39, 0.29) is 36.1 Å². The van der Waals surface area contributed by atoms with Crippen molar-refractivity contribution in [2.45, 2.75) is 50.0 Å². The molecule has 0 spiro atoms. The van der Waals surface area contributed by atoms with E-state index in [0.717, 1.165) is 45.1 Å². The number of hydrogen-bond donors (Lipinski definition) is 2. The summed E-state index contributed by atoms with van der Waals surface area (Å²) in [6, 6.07) is 15.2. The summed E-state index contributed by atoms with van der Waals surface area (Å²) < 4.78 is 26.5. The van der Waals surface area contributed by atoms with Gasteiger partial charge in [-0.3, -0.25) is 14.5 Å². The lowest BCUT2D eigenvalue weighted by Crippen LogP contribution is -2.56. The summed E-state index contributed by atoms with van der Waals surface area (Å²) in [6.45, 7) is 5.87. The first kappa shape index (κ1) is 31.7. The Labute approximate surface area is 278 Å². The van der Waals surface area contributed by atoms with Gasteiger partial charge in [0.05, 0.1) is 31.4 Å². The Kier molecular flexibility index (Phi) is 9.31. The average Bonchev–Trinajstić information content (AvgIpc) is 3.09. The molecule has 48 heavy (non-hydrogen) atoms. The first-order valence-electron chi connectivity index (χ1n) is 16.5. The molecule has 2 amide bonds. The fourth-order valence-corrected chi connectivity index (χ4v) is 6.61. The molecule has 13 nitrogen and oxygen atoms in total. The number of carbonyl (C=O) groups excluding carboxylic acids is 2. The highest BCUT2D eigenvalue weighted by Gasteiger charge is 2.37. The standard InChI is InChI=1S/C34H38FN9O4/c35-27-18-44(33(46)28-2-1-3-31(45)40-28)11-10-30(27)48-29-9-4-22(16-23(29)17-36)32-37-21-38-34(41-32)39-24-5-7-25(8-6-24)42-12-14-43(15-13-42)26-19-47-20-26/h4-9,16,21,26-28,30H,1-3,10-15,18-20H2,(H,40,45)(H,37,38,39,41)/t27-,28+,30+/m1/s1. The van der Waals surface area contributed by atoms with E-state index in [1.807, 2.05) is 12.1 Å². The van der Waals surface area contributed by atoms with Crippen LogP contribution in [0.3, 0.4) is 0 Å². The van der Waals surface area contributed by atoms with Crippen LogP contribution >= 0.6 is 0 Å². The number of hydrogen-bond acceptors (Lipinski definition) is 11. The van der Waals surface area contributed by atoms with Crippen LogP contribution in [-0.4, -0.2) is 113 Å². The van der Waals surface area contributed by atoms with Gasteiger partial charge in [0.1, 0.15) is 30.3 Å². The fraction of sp³-hybridized carbons (Fsp3) is 0.471. The van der Waals surface area contributed by atoms with E-state index in [1.54, 1.807) is 18.2 Å². The van der Waals surface area contributed by atoms with Crippen molar-refractivity contribution in [3.05, 3.63) is 54.4 Å². The Morgan fingerprint density at radius 2 is 1.88 bits per heavy atom. The second-order valence-corrected chi connectivity index (χ2v) is 12.6. The van der Waals surface area contributed by atoms with E-state index in [2.05, 4.69) is 53.6 Å². The Hall–Kier alpha value is -4.87. The number of piperidine rings is 2. The summed E-state index contributed by atoms with van der Waals surface area (Å²) in [5, 5.41) is 15.8. The van der Waals surface area contributed by atoms with Crippen LogP contribution in [0.15, 0.2) is 48.8 Å². The molecule has 3 aromatic rings. The Balaban J connectivity index is 0.952. The number of amides is 2. The van der Waals surface area contributed by atoms with Crippen molar-refractivity contribution in [2.75, 3.05) is 62.7 Å². The van der Waals surface area contributed by atoms with Gasteiger partial charge >= 0.3 is 0 Å². The molecule has 5 heterocycles. The molecule has 0 saturated carbocycles. The monoisotopic (exact) mass is 655 g/mol. The van der Waals surface area contributed by atoms with Gasteiger partial charge in [-0.15, -0.1) is 0 Å². The molecule has 0 radical (unpaired) electrons. The lowest BCUT2D eigenvalue weighted by molar-refractivity contribution is -0.141. The molecule has 4 saturated heterocycles. The first-order chi connectivity index (χ1) is 23.4. The SMILES string of the molecule is N#Cc1cc(-c2ncnc(Nc3ccc(N4CCN(C5COC5)CC4)cc3)n2)ccc1O[C@H]1CCN(C(=O)[C@@H]2CCCC(=O)N2)C[C@H]1F. The summed E-state index contributed by atoms with van der Waals surface area (Å²) in [5.41, 5.74) is 2.80. The molecule has 4 fully saturated rings. The van der Waals surface area contributed by atoms with Crippen LogP contribution in [0.5, 0.6) is 5.75 Å². The van der Waals surface area contributed by atoms with E-state index in [1.165, 1.54) is 16.9 Å². The van der Waals surface area contributed by atoms with Crippen molar-refractivity contribution >= 4 is 29.1 Å². The van der Waals surface area contributed by atoms with Crippen LogP contribution in [0.25, 0.3) is 11.4 Å². The predicted molar refractivity (Wildman–Crippen MR) is 174 cm³/mol. The predicted octanol–water partition coefficient (Wildman–Crippen LogP) is 2.66. The number of anilines is 3. The first-order valence-corrected chi connectivity index (χ1v) is 16.5. The minimum Gasteiger partial charge on any atom is -0.486 e. The van der Waals surface area contributed by atoms with Crippen molar-refractivity contribution in [3.8, 4) is 23.2 Å². The largest absolute Gasteiger partial charge is 0.486 e. The third kappa shape index (κ3) is 7.02. The number of likely N-dealkylation sites (tertiary alicyclic amines) is 1. The minimum atomic E-state index is -1.45. The number of halogens is 1. The summed E-state index contributed by atoms with van der Waals surface area (Å²) in [7, 11) is 0. The normalized spacial score (nSPS) is 23.5.